The summed E-state index contributed by atoms with van der Waals surface area (Å²) in [4.78, 5) is 36.8. The molecule has 0 unspecified atom stereocenters. The summed E-state index contributed by atoms with van der Waals surface area (Å²) in [6.45, 7) is 7.31. The predicted molar refractivity (Wildman–Crippen MR) is 109 cm³/mol. The monoisotopic (exact) mass is 404 g/mol. The molecule has 0 aliphatic carbocycles. The molecule has 6 heteroatoms. The first-order chi connectivity index (χ1) is 13.7. The van der Waals surface area contributed by atoms with Gasteiger partial charge < -0.3 is 14.2 Å². The molecule has 0 spiro atoms. The molecule has 0 N–H and O–H groups in total. The Labute approximate surface area is 173 Å². The first-order valence-electron chi connectivity index (χ1n) is 10.2. The fourth-order valence-electron chi connectivity index (χ4n) is 3.79. The molecule has 0 amide bonds. The van der Waals surface area contributed by atoms with Gasteiger partial charge in [0.05, 0.1) is 7.11 Å². The number of fused-ring (bicyclic) bond motifs is 3. The summed E-state index contributed by atoms with van der Waals surface area (Å²) >= 11 is 0. The smallest absolute Gasteiger partial charge is 0.334 e. The zero-order chi connectivity index (χ0) is 21.6. The lowest BCUT2D eigenvalue weighted by molar-refractivity contribution is -0.181. The molecule has 2 aliphatic rings. The van der Waals surface area contributed by atoms with Crippen LogP contribution in [0, 0.1) is 5.92 Å². The van der Waals surface area contributed by atoms with Gasteiger partial charge in [0.15, 0.2) is 0 Å². The zero-order valence-corrected chi connectivity index (χ0v) is 18.1. The van der Waals surface area contributed by atoms with Gasteiger partial charge in [-0.15, -0.1) is 0 Å². The van der Waals surface area contributed by atoms with Crippen molar-refractivity contribution >= 4 is 17.9 Å². The standard InChI is InChI=1S/C23H32O6/c1-15(2)17-8-10-18-7-6-14-23(4,29-22(18)26)20(28-16(3)24)13-12-19(11-9-17)21(25)27-5/h7,9,11,15,20H,6,8,10,12-14H2,1-5H3/t20-,23-/m0/s1. The number of carbonyl (C=O) groups is 3. The second-order valence-corrected chi connectivity index (χ2v) is 8.19. The summed E-state index contributed by atoms with van der Waals surface area (Å²) in [5.41, 5.74) is 1.34. The quantitative estimate of drug-likeness (QED) is 0.518. The Morgan fingerprint density at radius 3 is 2.55 bits per heavy atom. The molecule has 0 fully saturated rings. The van der Waals surface area contributed by atoms with Gasteiger partial charge >= 0.3 is 17.9 Å². The maximum atomic E-state index is 12.8. The van der Waals surface area contributed by atoms with E-state index in [2.05, 4.69) is 13.8 Å². The van der Waals surface area contributed by atoms with Gasteiger partial charge in [0.2, 0.25) is 0 Å². The number of ether oxygens (including phenoxy) is 3. The van der Waals surface area contributed by atoms with E-state index in [0.29, 0.717) is 49.7 Å². The summed E-state index contributed by atoms with van der Waals surface area (Å²) < 4.78 is 16.4. The van der Waals surface area contributed by atoms with Crippen molar-refractivity contribution in [3.63, 3.8) is 0 Å². The van der Waals surface area contributed by atoms with Crippen molar-refractivity contribution in [2.75, 3.05) is 7.11 Å². The highest BCUT2D eigenvalue weighted by Crippen LogP contribution is 2.34. The second-order valence-electron chi connectivity index (χ2n) is 8.19. The van der Waals surface area contributed by atoms with Gasteiger partial charge in [0, 0.05) is 18.1 Å². The molecule has 0 saturated carbocycles. The lowest BCUT2D eigenvalue weighted by Gasteiger charge is -2.35. The Morgan fingerprint density at radius 2 is 1.93 bits per heavy atom. The van der Waals surface area contributed by atoms with Crippen LogP contribution in [0.15, 0.2) is 34.9 Å². The van der Waals surface area contributed by atoms with Crippen LogP contribution in [-0.4, -0.2) is 36.7 Å². The molecular formula is C23H32O6. The van der Waals surface area contributed by atoms with Gasteiger partial charge in [-0.05, 0) is 51.4 Å². The number of hydrogen-bond donors (Lipinski definition) is 0. The summed E-state index contributed by atoms with van der Waals surface area (Å²) in [6, 6.07) is 0. The van der Waals surface area contributed by atoms with Crippen LogP contribution in [0.2, 0.25) is 0 Å². The molecule has 29 heavy (non-hydrogen) atoms. The van der Waals surface area contributed by atoms with E-state index in [4.69, 9.17) is 14.2 Å². The Morgan fingerprint density at radius 1 is 1.21 bits per heavy atom. The molecule has 0 radical (unpaired) electrons. The van der Waals surface area contributed by atoms with E-state index in [1.54, 1.807) is 13.0 Å². The van der Waals surface area contributed by atoms with E-state index in [1.807, 2.05) is 12.2 Å². The van der Waals surface area contributed by atoms with Gasteiger partial charge in [-0.2, -0.15) is 0 Å². The number of allylic oxidation sites excluding steroid dienone is 4. The lowest BCUT2D eigenvalue weighted by atomic mass is 9.88. The van der Waals surface area contributed by atoms with E-state index in [-0.39, 0.29) is 11.9 Å². The minimum absolute atomic E-state index is 0.275. The summed E-state index contributed by atoms with van der Waals surface area (Å²) in [7, 11) is 1.35. The lowest BCUT2D eigenvalue weighted by Crippen LogP contribution is -2.45. The molecule has 160 valence electrons. The van der Waals surface area contributed by atoms with Crippen molar-refractivity contribution in [3.05, 3.63) is 34.9 Å². The van der Waals surface area contributed by atoms with Crippen molar-refractivity contribution in [1.29, 1.82) is 0 Å². The average Bonchev–Trinajstić information content (AvgIpc) is 2.79. The number of esters is 3. The van der Waals surface area contributed by atoms with Crippen LogP contribution in [0.25, 0.3) is 0 Å². The van der Waals surface area contributed by atoms with Crippen molar-refractivity contribution in [2.24, 2.45) is 5.92 Å². The molecule has 0 aromatic rings. The van der Waals surface area contributed by atoms with E-state index >= 15 is 0 Å². The Bertz CT molecular complexity index is 742. The molecule has 2 aliphatic heterocycles. The topological polar surface area (TPSA) is 78.9 Å². The minimum atomic E-state index is -0.954. The third-order valence-electron chi connectivity index (χ3n) is 5.66. The molecular weight excluding hydrogens is 372 g/mol. The molecule has 0 aromatic heterocycles. The normalized spacial score (nSPS) is 25.9. The van der Waals surface area contributed by atoms with Crippen molar-refractivity contribution < 1.29 is 28.6 Å². The fraction of sp³-hybridized carbons (Fsp3) is 0.609. The third kappa shape index (κ3) is 6.05. The molecule has 2 rings (SSSR count). The van der Waals surface area contributed by atoms with Crippen LogP contribution >= 0.6 is 0 Å². The number of methoxy groups -OCH3 is 1. The summed E-state index contributed by atoms with van der Waals surface area (Å²) in [6.07, 6.45) is 8.20. The minimum Gasteiger partial charge on any atom is -0.466 e. The van der Waals surface area contributed by atoms with E-state index in [9.17, 15) is 14.4 Å². The van der Waals surface area contributed by atoms with Crippen molar-refractivity contribution in [2.45, 2.75) is 77.9 Å². The highest BCUT2D eigenvalue weighted by atomic mass is 16.6. The fourth-order valence-corrected chi connectivity index (χ4v) is 3.79. The summed E-state index contributed by atoms with van der Waals surface area (Å²) in [5.74, 6) is -0.936. The van der Waals surface area contributed by atoms with Crippen LogP contribution in [-0.2, 0) is 28.6 Å². The van der Waals surface area contributed by atoms with E-state index in [1.165, 1.54) is 14.0 Å². The van der Waals surface area contributed by atoms with E-state index < -0.39 is 23.6 Å². The van der Waals surface area contributed by atoms with Gasteiger partial charge in [-0.1, -0.05) is 37.6 Å². The van der Waals surface area contributed by atoms with Gasteiger partial charge in [-0.25, -0.2) is 9.59 Å². The van der Waals surface area contributed by atoms with Crippen molar-refractivity contribution in [1.82, 2.24) is 0 Å². The second kappa shape index (κ2) is 9.90. The van der Waals surface area contributed by atoms with Crippen LogP contribution in [0.3, 0.4) is 0 Å². The van der Waals surface area contributed by atoms with Gasteiger partial charge in [-0.3, -0.25) is 4.79 Å². The van der Waals surface area contributed by atoms with Crippen LogP contribution in [0.4, 0.5) is 0 Å². The molecule has 0 aromatic carbocycles. The molecule has 0 saturated heterocycles. The van der Waals surface area contributed by atoms with Crippen LogP contribution in [0.5, 0.6) is 0 Å². The number of rotatable bonds is 3. The Hall–Kier alpha value is -2.37. The van der Waals surface area contributed by atoms with Gasteiger partial charge in [0.25, 0.3) is 0 Å². The highest BCUT2D eigenvalue weighted by molar-refractivity contribution is 5.89. The molecule has 6 nitrogen and oxygen atoms in total. The first kappa shape index (κ1) is 22.9. The zero-order valence-electron chi connectivity index (χ0n) is 18.1. The maximum absolute atomic E-state index is 12.8. The molecule has 2 bridgehead atoms. The first-order valence-corrected chi connectivity index (χ1v) is 10.2. The number of carbonyl (C=O) groups excluding carboxylic acids is 3. The van der Waals surface area contributed by atoms with Gasteiger partial charge in [0.1, 0.15) is 11.7 Å². The SMILES string of the molecule is COC(=O)C1=CC=C(C(C)C)CCC2=CCC[C@](C)(OC2=O)[C@@H](OC(C)=O)CC1. The maximum Gasteiger partial charge on any atom is 0.334 e. The summed E-state index contributed by atoms with van der Waals surface area (Å²) in [5, 5.41) is 0. The van der Waals surface area contributed by atoms with Crippen LogP contribution in [0.1, 0.15) is 66.2 Å². The molecule has 2 atom stereocenters. The largest absolute Gasteiger partial charge is 0.466 e. The van der Waals surface area contributed by atoms with Crippen LogP contribution < -0.4 is 0 Å². The highest BCUT2D eigenvalue weighted by Gasteiger charge is 2.42. The Balaban J connectivity index is 2.48. The van der Waals surface area contributed by atoms with Crippen molar-refractivity contribution in [3.8, 4) is 0 Å². The average molecular weight is 405 g/mol. The number of hydrogen-bond acceptors (Lipinski definition) is 6. The predicted octanol–water partition coefficient (Wildman–Crippen LogP) is 4.20. The Kier molecular flexibility index (Phi) is 7.82. The van der Waals surface area contributed by atoms with E-state index in [0.717, 1.165) is 5.57 Å². The molecule has 2 heterocycles. The third-order valence-corrected chi connectivity index (χ3v) is 5.66.